The van der Waals surface area contributed by atoms with E-state index in [9.17, 15) is 9.90 Å². The van der Waals surface area contributed by atoms with E-state index in [2.05, 4.69) is 36.6 Å². The van der Waals surface area contributed by atoms with Crippen molar-refractivity contribution in [2.45, 2.75) is 46.0 Å². The molecule has 0 saturated carbocycles. The van der Waals surface area contributed by atoms with Crippen molar-refractivity contribution < 1.29 is 9.90 Å². The fourth-order valence-corrected chi connectivity index (χ4v) is 3.84. The largest absolute Gasteiger partial charge is 0.396 e. The van der Waals surface area contributed by atoms with Crippen LogP contribution in [0.25, 0.3) is 0 Å². The van der Waals surface area contributed by atoms with E-state index >= 15 is 0 Å². The third-order valence-corrected chi connectivity index (χ3v) is 5.45. The van der Waals surface area contributed by atoms with Crippen LogP contribution in [0.1, 0.15) is 45.1 Å². The molecule has 3 N–H and O–H groups in total. The minimum absolute atomic E-state index is 0.215. The molecule has 1 aliphatic rings. The molecule has 1 heterocycles. The first-order chi connectivity index (χ1) is 14.2. The maximum atomic E-state index is 12.4. The van der Waals surface area contributed by atoms with Gasteiger partial charge in [-0.1, -0.05) is 43.7 Å². The minimum Gasteiger partial charge on any atom is -0.396 e. The molecule has 2 rings (SSSR count). The Bertz CT molecular complexity index is 615. The van der Waals surface area contributed by atoms with Crippen LogP contribution in [0.4, 0.5) is 0 Å². The van der Waals surface area contributed by atoms with Gasteiger partial charge in [-0.15, -0.1) is 0 Å². The summed E-state index contributed by atoms with van der Waals surface area (Å²) in [6.45, 7) is 8.30. The van der Waals surface area contributed by atoms with Crippen LogP contribution in [0.2, 0.25) is 0 Å². The normalized spacial score (nSPS) is 18.2. The van der Waals surface area contributed by atoms with E-state index in [0.717, 1.165) is 64.4 Å². The van der Waals surface area contributed by atoms with Crippen LogP contribution < -0.4 is 10.6 Å². The Kier molecular flexibility index (Phi) is 10.6. The summed E-state index contributed by atoms with van der Waals surface area (Å²) in [5.41, 5.74) is 1.27. The summed E-state index contributed by atoms with van der Waals surface area (Å²) in [4.78, 5) is 19.1. The zero-order valence-electron chi connectivity index (χ0n) is 18.1. The Hall–Kier alpha value is -2.08. The number of amides is 1. The Morgan fingerprint density at radius 3 is 2.72 bits per heavy atom. The van der Waals surface area contributed by atoms with Crippen LogP contribution in [0.15, 0.2) is 35.3 Å². The van der Waals surface area contributed by atoms with Crippen LogP contribution in [0, 0.1) is 11.8 Å². The number of hydrogen-bond acceptors (Lipinski definition) is 3. The summed E-state index contributed by atoms with van der Waals surface area (Å²) in [7, 11) is 0. The summed E-state index contributed by atoms with van der Waals surface area (Å²) < 4.78 is 0. The first kappa shape index (κ1) is 23.2. The topological polar surface area (TPSA) is 77.0 Å². The number of aliphatic hydroxyl groups is 1. The van der Waals surface area contributed by atoms with Crippen molar-refractivity contribution >= 4 is 11.9 Å². The highest BCUT2D eigenvalue weighted by atomic mass is 16.3. The van der Waals surface area contributed by atoms with Gasteiger partial charge in [0, 0.05) is 51.7 Å². The van der Waals surface area contributed by atoms with Crippen molar-refractivity contribution in [1.82, 2.24) is 15.5 Å². The van der Waals surface area contributed by atoms with Gasteiger partial charge in [0.1, 0.15) is 0 Å². The van der Waals surface area contributed by atoms with E-state index in [1.165, 1.54) is 5.56 Å². The molecule has 0 aromatic heterocycles. The maximum Gasteiger partial charge on any atom is 0.223 e. The third-order valence-electron chi connectivity index (χ3n) is 5.45. The Morgan fingerprint density at radius 1 is 1.24 bits per heavy atom. The van der Waals surface area contributed by atoms with Crippen LogP contribution >= 0.6 is 0 Å². The van der Waals surface area contributed by atoms with Crippen LogP contribution in [-0.2, 0) is 11.2 Å². The number of likely N-dealkylation sites (tertiary alicyclic amines) is 1. The van der Waals surface area contributed by atoms with Gasteiger partial charge in [-0.3, -0.25) is 9.79 Å². The molecule has 0 aliphatic carbocycles. The summed E-state index contributed by atoms with van der Waals surface area (Å²) in [6.07, 6.45) is 4.49. The van der Waals surface area contributed by atoms with E-state index < -0.39 is 0 Å². The third kappa shape index (κ3) is 8.44. The molecule has 6 heteroatoms. The second-order valence-electron chi connectivity index (χ2n) is 7.91. The number of nitrogens with one attached hydrogen (secondary N) is 2. The lowest BCUT2D eigenvalue weighted by Gasteiger charge is -2.18. The number of carbonyl (C=O) groups is 1. The summed E-state index contributed by atoms with van der Waals surface area (Å²) in [5, 5.41) is 15.9. The van der Waals surface area contributed by atoms with Gasteiger partial charge in [-0.25, -0.2) is 0 Å². The predicted octanol–water partition coefficient (Wildman–Crippen LogP) is 2.43. The fraction of sp³-hybridized carbons (Fsp3) is 0.652. The van der Waals surface area contributed by atoms with Crippen molar-refractivity contribution in [3.05, 3.63) is 35.9 Å². The number of rotatable bonds is 12. The second-order valence-corrected chi connectivity index (χ2v) is 7.91. The van der Waals surface area contributed by atoms with Gasteiger partial charge in [0.15, 0.2) is 5.96 Å². The number of benzene rings is 1. The minimum atomic E-state index is 0.215. The summed E-state index contributed by atoms with van der Waals surface area (Å²) >= 11 is 0. The second kappa shape index (κ2) is 13.2. The van der Waals surface area contributed by atoms with Crippen molar-refractivity contribution in [1.29, 1.82) is 0 Å². The lowest BCUT2D eigenvalue weighted by Crippen LogP contribution is -2.40. The van der Waals surface area contributed by atoms with E-state index in [4.69, 9.17) is 4.99 Å². The smallest absolute Gasteiger partial charge is 0.223 e. The molecule has 0 radical (unpaired) electrons. The quantitative estimate of drug-likeness (QED) is 0.371. The number of aliphatic imine (C=N–C) groups is 1. The van der Waals surface area contributed by atoms with Gasteiger partial charge in [-0.05, 0) is 37.7 Å². The molecule has 6 nitrogen and oxygen atoms in total. The Balaban J connectivity index is 1.79. The number of carbonyl (C=O) groups excluding carboxylic acids is 1. The van der Waals surface area contributed by atoms with Crippen LogP contribution in [0.5, 0.6) is 0 Å². The highest BCUT2D eigenvalue weighted by molar-refractivity contribution is 5.81. The summed E-state index contributed by atoms with van der Waals surface area (Å²) in [5.74, 6) is 1.79. The van der Waals surface area contributed by atoms with E-state index in [1.54, 1.807) is 0 Å². The number of guanidine groups is 1. The number of nitrogens with zero attached hydrogens (tertiary/aromatic N) is 2. The van der Waals surface area contributed by atoms with Gasteiger partial charge < -0.3 is 20.6 Å². The molecule has 1 saturated heterocycles. The molecular weight excluding hydrogens is 364 g/mol. The molecule has 1 amide bonds. The van der Waals surface area contributed by atoms with Crippen molar-refractivity contribution in [3.63, 3.8) is 0 Å². The van der Waals surface area contributed by atoms with Crippen molar-refractivity contribution in [2.75, 3.05) is 39.3 Å². The van der Waals surface area contributed by atoms with Gasteiger partial charge >= 0.3 is 0 Å². The zero-order chi connectivity index (χ0) is 20.9. The zero-order valence-corrected chi connectivity index (χ0v) is 18.1. The lowest BCUT2D eigenvalue weighted by atomic mass is 10.0. The molecule has 2 atom stereocenters. The van der Waals surface area contributed by atoms with Gasteiger partial charge in [0.2, 0.25) is 5.91 Å². The van der Waals surface area contributed by atoms with Crippen molar-refractivity contribution in [2.24, 2.45) is 16.8 Å². The first-order valence-electron chi connectivity index (χ1n) is 11.1. The monoisotopic (exact) mass is 402 g/mol. The fourth-order valence-electron chi connectivity index (χ4n) is 3.84. The molecule has 0 bridgehead atoms. The molecule has 1 fully saturated rings. The van der Waals surface area contributed by atoms with Crippen LogP contribution in [0.3, 0.4) is 0 Å². The molecule has 1 aromatic carbocycles. The van der Waals surface area contributed by atoms with Crippen molar-refractivity contribution in [3.8, 4) is 0 Å². The van der Waals surface area contributed by atoms with Gasteiger partial charge in [0.25, 0.3) is 0 Å². The SMILES string of the molecule is CCCC(CCO)CN=C(NCC)NCC1CC(=O)N(CCc2ccccc2)C1. The lowest BCUT2D eigenvalue weighted by molar-refractivity contribution is -0.127. The molecule has 0 spiro atoms. The van der Waals surface area contributed by atoms with E-state index in [0.29, 0.717) is 18.3 Å². The van der Waals surface area contributed by atoms with Gasteiger partial charge in [-0.2, -0.15) is 0 Å². The first-order valence-corrected chi connectivity index (χ1v) is 11.1. The molecule has 1 aliphatic heterocycles. The highest BCUT2D eigenvalue weighted by Crippen LogP contribution is 2.17. The number of aliphatic hydroxyl groups excluding tert-OH is 1. The molecular formula is C23H38N4O2. The highest BCUT2D eigenvalue weighted by Gasteiger charge is 2.29. The van der Waals surface area contributed by atoms with E-state index in [-0.39, 0.29) is 12.5 Å². The van der Waals surface area contributed by atoms with E-state index in [1.807, 2.05) is 23.1 Å². The predicted molar refractivity (Wildman–Crippen MR) is 119 cm³/mol. The molecule has 1 aromatic rings. The molecule has 2 unspecified atom stereocenters. The van der Waals surface area contributed by atoms with Gasteiger partial charge in [0.05, 0.1) is 0 Å². The summed E-state index contributed by atoms with van der Waals surface area (Å²) in [6, 6.07) is 10.3. The average Bonchev–Trinajstić information content (AvgIpc) is 3.09. The average molecular weight is 403 g/mol. The Labute approximate surface area is 175 Å². The number of hydrogen-bond donors (Lipinski definition) is 3. The molecule has 29 heavy (non-hydrogen) atoms. The maximum absolute atomic E-state index is 12.4. The Morgan fingerprint density at radius 2 is 2.03 bits per heavy atom. The molecule has 162 valence electrons. The van der Waals surface area contributed by atoms with Crippen LogP contribution in [-0.4, -0.2) is 61.2 Å². The standard InChI is InChI=1S/C23H38N4O2/c1-3-8-20(12-14-28)16-25-23(24-4-2)26-17-21-15-22(29)27(18-21)13-11-19-9-6-5-7-10-19/h5-7,9-10,20-21,28H,3-4,8,11-18H2,1-2H3,(H2,24,25,26).